The number of ketones is 1. The van der Waals surface area contributed by atoms with Crippen LogP contribution in [0.15, 0.2) is 36.4 Å². The minimum atomic E-state index is -1.54. The van der Waals surface area contributed by atoms with Crippen molar-refractivity contribution in [2.24, 2.45) is 0 Å². The van der Waals surface area contributed by atoms with Gasteiger partial charge in [0, 0.05) is 12.1 Å². The van der Waals surface area contributed by atoms with E-state index in [2.05, 4.69) is 0 Å². The number of hydrogen-bond acceptors (Lipinski definition) is 10. The summed E-state index contributed by atoms with van der Waals surface area (Å²) in [6, 6.07) is 7.89. The summed E-state index contributed by atoms with van der Waals surface area (Å²) < 4.78 is 16.8. The number of carbonyl (C=O) groups excluding carboxylic acids is 1. The molecule has 2 aromatic rings. The number of aromatic hydroxyl groups is 3. The third-order valence-corrected chi connectivity index (χ3v) is 5.10. The monoisotopic (exact) mass is 420 g/mol. The van der Waals surface area contributed by atoms with Crippen molar-refractivity contribution in [2.45, 2.75) is 36.8 Å². The zero-order chi connectivity index (χ0) is 21.6. The Balaban J connectivity index is 1.72. The van der Waals surface area contributed by atoms with E-state index in [-0.39, 0.29) is 22.8 Å². The highest BCUT2D eigenvalue weighted by Crippen LogP contribution is 2.43. The second-order valence-electron chi connectivity index (χ2n) is 7.10. The van der Waals surface area contributed by atoms with Crippen LogP contribution < -0.4 is 4.74 Å². The van der Waals surface area contributed by atoms with E-state index in [0.29, 0.717) is 5.56 Å². The highest BCUT2D eigenvalue weighted by molar-refractivity contribution is 6.05. The molecule has 2 heterocycles. The number of rotatable bonds is 4. The number of benzene rings is 2. The van der Waals surface area contributed by atoms with Gasteiger partial charge in [-0.05, 0) is 17.7 Å². The van der Waals surface area contributed by atoms with Gasteiger partial charge < -0.3 is 44.8 Å². The molecule has 4 unspecified atom stereocenters. The molecular weight excluding hydrogens is 400 g/mol. The molecule has 1 saturated heterocycles. The first kappa shape index (κ1) is 20.4. The van der Waals surface area contributed by atoms with E-state index in [0.717, 1.165) is 6.07 Å². The summed E-state index contributed by atoms with van der Waals surface area (Å²) in [7, 11) is 0. The van der Waals surface area contributed by atoms with Crippen LogP contribution in [0.4, 0.5) is 0 Å². The number of hydrogen-bond donors (Lipinski definition) is 6. The molecule has 1 fully saturated rings. The lowest BCUT2D eigenvalue weighted by Gasteiger charge is -2.34. The van der Waals surface area contributed by atoms with Gasteiger partial charge in [-0.25, -0.2) is 0 Å². The minimum Gasteiger partial charge on any atom is -0.508 e. The number of ether oxygens (including phenoxy) is 3. The molecule has 6 N–H and O–H groups in total. The highest BCUT2D eigenvalue weighted by atomic mass is 16.7. The summed E-state index contributed by atoms with van der Waals surface area (Å²) in [4.78, 5) is 13.2. The van der Waals surface area contributed by atoms with E-state index in [1.165, 1.54) is 30.3 Å². The van der Waals surface area contributed by atoms with Crippen LogP contribution in [0, 0.1) is 0 Å². The topological polar surface area (TPSA) is 166 Å². The van der Waals surface area contributed by atoms with Crippen LogP contribution in [-0.4, -0.2) is 73.7 Å². The molecule has 10 heteroatoms. The maximum atomic E-state index is 13.2. The Morgan fingerprint density at radius 1 is 0.967 bits per heavy atom. The van der Waals surface area contributed by atoms with Crippen LogP contribution in [0.5, 0.6) is 23.0 Å². The molecule has 30 heavy (non-hydrogen) atoms. The molecule has 2 aliphatic rings. The van der Waals surface area contributed by atoms with Gasteiger partial charge in [0.05, 0.1) is 6.61 Å². The van der Waals surface area contributed by atoms with Crippen LogP contribution in [-0.2, 0) is 9.47 Å². The normalized spacial score (nSPS) is 30.7. The Morgan fingerprint density at radius 2 is 1.67 bits per heavy atom. The average molecular weight is 420 g/mol. The number of phenols is 3. The fourth-order valence-corrected chi connectivity index (χ4v) is 3.57. The lowest BCUT2D eigenvalue weighted by atomic mass is 9.92. The van der Waals surface area contributed by atoms with Gasteiger partial charge in [0.2, 0.25) is 5.78 Å². The molecular formula is C20H20O10. The van der Waals surface area contributed by atoms with Crippen molar-refractivity contribution in [3.05, 3.63) is 47.5 Å². The molecule has 10 nitrogen and oxygen atoms in total. The summed E-state index contributed by atoms with van der Waals surface area (Å²) >= 11 is 0. The summed E-state index contributed by atoms with van der Waals surface area (Å²) in [5.41, 5.74) is 0.200. The van der Waals surface area contributed by atoms with Gasteiger partial charge in [-0.1, -0.05) is 12.1 Å². The molecule has 2 aromatic carbocycles. The van der Waals surface area contributed by atoms with Crippen molar-refractivity contribution in [3.8, 4) is 23.0 Å². The third-order valence-electron chi connectivity index (χ3n) is 5.10. The number of phenolic OH excluding ortho intramolecular Hbond substituents is 3. The molecule has 4 rings (SSSR count). The van der Waals surface area contributed by atoms with Gasteiger partial charge in [0.15, 0.2) is 18.5 Å². The quantitative estimate of drug-likeness (QED) is 0.395. The molecule has 0 saturated carbocycles. The van der Waals surface area contributed by atoms with Gasteiger partial charge in [0.1, 0.15) is 46.9 Å². The molecule has 6 atom stereocenters. The minimum absolute atomic E-state index is 0.0162. The van der Waals surface area contributed by atoms with Crippen molar-refractivity contribution < 1.29 is 49.6 Å². The first-order chi connectivity index (χ1) is 14.3. The smallest absolute Gasteiger partial charge is 0.203 e. The Bertz CT molecular complexity index is 943. The largest absolute Gasteiger partial charge is 0.508 e. The summed E-state index contributed by atoms with van der Waals surface area (Å²) in [5.74, 6) is -1.63. The fraction of sp³-hybridized carbons (Fsp3) is 0.350. The average Bonchev–Trinajstić information content (AvgIpc) is 2.97. The first-order valence-electron chi connectivity index (χ1n) is 9.14. The standard InChI is InChI=1S/C20H20O10/c21-7-13-15(25)17(27)20(29-13)30-19-16(26)14-11(24)5-10(23)6-12(14)28-18(19)8-1-3-9(22)4-2-8/h1-6,13,15,17-25,27H,7H2/t13?,15-,17+,18?,19?,20?/m1/s1. The maximum absolute atomic E-state index is 13.2. The third kappa shape index (κ3) is 3.44. The number of fused-ring (bicyclic) bond motifs is 1. The molecule has 0 aromatic heterocycles. The first-order valence-corrected chi connectivity index (χ1v) is 9.14. The SMILES string of the molecule is O=C1c2c(O)cc(O)cc2OC(c2ccc(O)cc2)C1OC1OC(CO)[C@@H](O)[C@@H]1O. The fourth-order valence-electron chi connectivity index (χ4n) is 3.57. The predicted octanol–water partition coefficient (Wildman–Crippen LogP) is -0.0560. The lowest BCUT2D eigenvalue weighted by Crippen LogP contribution is -2.44. The van der Waals surface area contributed by atoms with Gasteiger partial charge >= 0.3 is 0 Å². The van der Waals surface area contributed by atoms with Crippen molar-refractivity contribution >= 4 is 5.78 Å². The molecule has 160 valence electrons. The lowest BCUT2D eigenvalue weighted by molar-refractivity contribution is -0.199. The van der Waals surface area contributed by atoms with Gasteiger partial charge in [-0.2, -0.15) is 0 Å². The summed E-state index contributed by atoms with van der Waals surface area (Å²) in [5, 5.41) is 58.8. The predicted molar refractivity (Wildman–Crippen MR) is 98.2 cm³/mol. The summed E-state index contributed by atoms with van der Waals surface area (Å²) in [6.45, 7) is -0.572. The van der Waals surface area contributed by atoms with Crippen LogP contribution in [0.25, 0.3) is 0 Å². The maximum Gasteiger partial charge on any atom is 0.203 e. The summed E-state index contributed by atoms with van der Waals surface area (Å²) in [6.07, 6.45) is -8.02. The molecule has 0 aliphatic carbocycles. The molecule has 0 amide bonds. The Morgan fingerprint density at radius 3 is 2.30 bits per heavy atom. The van der Waals surface area contributed by atoms with Crippen molar-refractivity contribution in [1.82, 2.24) is 0 Å². The zero-order valence-corrected chi connectivity index (χ0v) is 15.5. The van der Waals surface area contributed by atoms with E-state index in [1.807, 2.05) is 0 Å². The molecule has 2 aliphatic heterocycles. The molecule has 0 radical (unpaired) electrons. The van der Waals surface area contributed by atoms with E-state index in [9.17, 15) is 35.4 Å². The Kier molecular flexibility index (Phi) is 5.26. The van der Waals surface area contributed by atoms with E-state index < -0.39 is 54.9 Å². The molecule has 0 spiro atoms. The number of aliphatic hydroxyl groups is 3. The number of carbonyl (C=O) groups is 1. The second kappa shape index (κ2) is 7.74. The Hall–Kier alpha value is -2.89. The highest BCUT2D eigenvalue weighted by Gasteiger charge is 2.48. The van der Waals surface area contributed by atoms with Crippen LogP contribution in [0.2, 0.25) is 0 Å². The van der Waals surface area contributed by atoms with E-state index in [1.54, 1.807) is 0 Å². The molecule has 0 bridgehead atoms. The van der Waals surface area contributed by atoms with Crippen molar-refractivity contribution in [3.63, 3.8) is 0 Å². The number of Topliss-reactive ketones (excluding diaryl/α,β-unsaturated/α-hetero) is 1. The van der Waals surface area contributed by atoms with E-state index in [4.69, 9.17) is 14.2 Å². The van der Waals surface area contributed by atoms with Crippen LogP contribution >= 0.6 is 0 Å². The number of aliphatic hydroxyl groups excluding tert-OH is 3. The Labute approximate surface area is 170 Å². The zero-order valence-electron chi connectivity index (χ0n) is 15.5. The van der Waals surface area contributed by atoms with Crippen LogP contribution in [0.3, 0.4) is 0 Å². The van der Waals surface area contributed by atoms with Gasteiger partial charge in [0.25, 0.3) is 0 Å². The van der Waals surface area contributed by atoms with Gasteiger partial charge in [-0.15, -0.1) is 0 Å². The van der Waals surface area contributed by atoms with E-state index >= 15 is 0 Å². The van der Waals surface area contributed by atoms with Crippen LogP contribution in [0.1, 0.15) is 22.0 Å². The van der Waals surface area contributed by atoms with Gasteiger partial charge in [-0.3, -0.25) is 4.79 Å². The second-order valence-corrected chi connectivity index (χ2v) is 7.10. The van der Waals surface area contributed by atoms with Crippen molar-refractivity contribution in [1.29, 1.82) is 0 Å². The van der Waals surface area contributed by atoms with Crippen molar-refractivity contribution in [2.75, 3.05) is 6.61 Å².